The van der Waals surface area contributed by atoms with Crippen LogP contribution in [0.3, 0.4) is 0 Å². The van der Waals surface area contributed by atoms with Gasteiger partial charge in [0.25, 0.3) is 0 Å². The molecule has 20 heavy (non-hydrogen) atoms. The Balaban J connectivity index is 4.61. The first kappa shape index (κ1) is 17.7. The summed E-state index contributed by atoms with van der Waals surface area (Å²) < 4.78 is 0. The summed E-state index contributed by atoms with van der Waals surface area (Å²) in [6.07, 6.45) is 0. The molecule has 0 saturated heterocycles. The fraction of sp³-hybridized carbons (Fsp3) is 0.636. The Morgan fingerprint density at radius 2 is 1.40 bits per heavy atom. The highest BCUT2D eigenvalue weighted by Gasteiger charge is 2.23. The number of urea groups is 1. The minimum absolute atomic E-state index is 0.115. The number of aliphatic carboxylic acids is 2. The summed E-state index contributed by atoms with van der Waals surface area (Å²) in [6, 6.07) is -1.95. The summed E-state index contributed by atoms with van der Waals surface area (Å²) in [5.41, 5.74) is 0. The first-order valence-electron chi connectivity index (χ1n) is 5.92. The maximum absolute atomic E-state index is 11.7. The van der Waals surface area contributed by atoms with E-state index in [1.807, 2.05) is 0 Å². The van der Waals surface area contributed by atoms with E-state index in [1.54, 1.807) is 13.8 Å². The van der Waals surface area contributed by atoms with Gasteiger partial charge in [-0.1, -0.05) is 0 Å². The van der Waals surface area contributed by atoms with Crippen LogP contribution in [0.5, 0.6) is 0 Å². The van der Waals surface area contributed by atoms with E-state index in [1.165, 1.54) is 6.92 Å². The van der Waals surface area contributed by atoms with Gasteiger partial charge in [0.2, 0.25) is 5.91 Å². The van der Waals surface area contributed by atoms with Crippen LogP contribution >= 0.6 is 0 Å². The molecular formula is C11H19N3O6. The molecule has 114 valence electrons. The van der Waals surface area contributed by atoms with Crippen molar-refractivity contribution in [1.82, 2.24) is 15.5 Å². The Morgan fingerprint density at radius 3 is 1.75 bits per heavy atom. The molecular weight excluding hydrogens is 270 g/mol. The molecule has 4 N–H and O–H groups in total. The number of nitrogens with one attached hydrogen (secondary N) is 2. The minimum Gasteiger partial charge on any atom is -0.480 e. The Kier molecular flexibility index (Phi) is 7.05. The van der Waals surface area contributed by atoms with Gasteiger partial charge >= 0.3 is 18.0 Å². The number of hydrogen-bond acceptors (Lipinski definition) is 4. The van der Waals surface area contributed by atoms with Crippen LogP contribution in [0.2, 0.25) is 0 Å². The van der Waals surface area contributed by atoms with Crippen LogP contribution in [0.1, 0.15) is 20.8 Å². The van der Waals surface area contributed by atoms with Crippen molar-refractivity contribution in [1.29, 1.82) is 0 Å². The third kappa shape index (κ3) is 7.19. The first-order valence-corrected chi connectivity index (χ1v) is 5.92. The highest BCUT2D eigenvalue weighted by Crippen LogP contribution is 1.93. The first-order chi connectivity index (χ1) is 9.13. The molecule has 0 fully saturated rings. The van der Waals surface area contributed by atoms with Gasteiger partial charge < -0.3 is 25.7 Å². The summed E-state index contributed by atoms with van der Waals surface area (Å²) >= 11 is 0. The molecule has 0 aromatic heterocycles. The number of carbonyl (C=O) groups excluding carboxylic acids is 2. The third-order valence-electron chi connectivity index (χ3n) is 2.10. The minimum atomic E-state index is -1.35. The number of rotatable bonds is 7. The van der Waals surface area contributed by atoms with Crippen molar-refractivity contribution >= 4 is 23.9 Å². The van der Waals surface area contributed by atoms with Gasteiger partial charge in [-0.3, -0.25) is 14.4 Å². The molecule has 0 aromatic rings. The monoisotopic (exact) mass is 289 g/mol. The van der Waals surface area contributed by atoms with E-state index >= 15 is 0 Å². The maximum atomic E-state index is 11.7. The zero-order valence-electron chi connectivity index (χ0n) is 11.5. The molecule has 0 saturated carbocycles. The molecule has 3 amide bonds. The summed E-state index contributed by atoms with van der Waals surface area (Å²) in [7, 11) is 0. The SMILES string of the molecule is CC(C)NC(=O)C(C)NC(=O)N(CC(=O)O)CC(=O)O. The van der Waals surface area contributed by atoms with Gasteiger partial charge in [-0.25, -0.2) is 4.79 Å². The summed E-state index contributed by atoms with van der Waals surface area (Å²) in [5, 5.41) is 22.0. The second-order valence-electron chi connectivity index (χ2n) is 4.48. The molecule has 1 unspecified atom stereocenters. The van der Waals surface area contributed by atoms with Gasteiger partial charge in [0.05, 0.1) is 0 Å². The highest BCUT2D eigenvalue weighted by molar-refractivity contribution is 5.89. The predicted molar refractivity (Wildman–Crippen MR) is 68.1 cm³/mol. The molecule has 0 heterocycles. The van der Waals surface area contributed by atoms with Gasteiger partial charge in [-0.15, -0.1) is 0 Å². The van der Waals surface area contributed by atoms with E-state index in [0.29, 0.717) is 4.90 Å². The molecule has 0 aromatic carbocycles. The average molecular weight is 289 g/mol. The topological polar surface area (TPSA) is 136 Å². The van der Waals surface area contributed by atoms with E-state index < -0.39 is 43.0 Å². The molecule has 0 aliphatic rings. The van der Waals surface area contributed by atoms with E-state index in [0.717, 1.165) is 0 Å². The van der Waals surface area contributed by atoms with Crippen LogP contribution in [0.4, 0.5) is 4.79 Å². The fourth-order valence-electron chi connectivity index (χ4n) is 1.28. The van der Waals surface area contributed by atoms with Gasteiger partial charge in [0, 0.05) is 6.04 Å². The second kappa shape index (κ2) is 7.97. The van der Waals surface area contributed by atoms with E-state index in [9.17, 15) is 19.2 Å². The molecule has 0 radical (unpaired) electrons. The quantitative estimate of drug-likeness (QED) is 0.478. The Morgan fingerprint density at radius 1 is 0.950 bits per heavy atom. The lowest BCUT2D eigenvalue weighted by Crippen LogP contribution is -2.52. The van der Waals surface area contributed by atoms with Gasteiger partial charge in [-0.05, 0) is 20.8 Å². The van der Waals surface area contributed by atoms with Crippen LogP contribution in [0.15, 0.2) is 0 Å². The van der Waals surface area contributed by atoms with Crippen LogP contribution in [0, 0.1) is 0 Å². The zero-order valence-corrected chi connectivity index (χ0v) is 11.5. The Hall–Kier alpha value is -2.32. The number of nitrogens with zero attached hydrogens (tertiary/aromatic N) is 1. The molecule has 0 aliphatic carbocycles. The van der Waals surface area contributed by atoms with E-state index in [2.05, 4.69) is 10.6 Å². The lowest BCUT2D eigenvalue weighted by atomic mass is 10.3. The second-order valence-corrected chi connectivity index (χ2v) is 4.48. The molecule has 1 atom stereocenters. The average Bonchev–Trinajstić information content (AvgIpc) is 2.25. The third-order valence-corrected chi connectivity index (χ3v) is 2.10. The summed E-state index contributed by atoms with van der Waals surface area (Å²) in [4.78, 5) is 45.0. The molecule has 0 aliphatic heterocycles. The maximum Gasteiger partial charge on any atom is 0.323 e. The zero-order chi connectivity index (χ0) is 15.9. The lowest BCUT2D eigenvalue weighted by Gasteiger charge is -2.22. The van der Waals surface area contributed by atoms with Crippen LogP contribution in [-0.4, -0.2) is 64.2 Å². The Labute approximate surface area is 115 Å². The van der Waals surface area contributed by atoms with Crippen molar-refractivity contribution in [3.8, 4) is 0 Å². The van der Waals surface area contributed by atoms with Crippen LogP contribution in [0.25, 0.3) is 0 Å². The van der Waals surface area contributed by atoms with Gasteiger partial charge in [-0.2, -0.15) is 0 Å². The molecule has 0 bridgehead atoms. The van der Waals surface area contributed by atoms with Gasteiger partial charge in [0.1, 0.15) is 19.1 Å². The van der Waals surface area contributed by atoms with E-state index in [-0.39, 0.29) is 6.04 Å². The number of hydrogen-bond donors (Lipinski definition) is 4. The highest BCUT2D eigenvalue weighted by atomic mass is 16.4. The van der Waals surface area contributed by atoms with Crippen molar-refractivity contribution in [2.45, 2.75) is 32.9 Å². The number of carboxylic acid groups (broad SMARTS) is 2. The molecule has 0 rings (SSSR count). The van der Waals surface area contributed by atoms with Crippen LogP contribution < -0.4 is 10.6 Å². The van der Waals surface area contributed by atoms with Crippen molar-refractivity contribution in [3.63, 3.8) is 0 Å². The molecule has 0 spiro atoms. The normalized spacial score (nSPS) is 11.6. The number of amides is 3. The van der Waals surface area contributed by atoms with E-state index in [4.69, 9.17) is 10.2 Å². The largest absolute Gasteiger partial charge is 0.480 e. The lowest BCUT2D eigenvalue weighted by molar-refractivity contribution is -0.140. The van der Waals surface area contributed by atoms with Crippen molar-refractivity contribution in [3.05, 3.63) is 0 Å². The smallest absolute Gasteiger partial charge is 0.323 e. The van der Waals surface area contributed by atoms with Gasteiger partial charge in [0.15, 0.2) is 0 Å². The van der Waals surface area contributed by atoms with Crippen LogP contribution in [-0.2, 0) is 14.4 Å². The number of carboxylic acids is 2. The molecule has 9 nitrogen and oxygen atoms in total. The summed E-state index contributed by atoms with van der Waals surface area (Å²) in [6.45, 7) is 3.36. The fourth-order valence-corrected chi connectivity index (χ4v) is 1.28. The van der Waals surface area contributed by atoms with Crippen molar-refractivity contribution in [2.24, 2.45) is 0 Å². The molecule has 9 heteroatoms. The van der Waals surface area contributed by atoms with Crippen molar-refractivity contribution < 1.29 is 29.4 Å². The predicted octanol–water partition coefficient (Wildman–Crippen LogP) is -0.920. The number of carbonyl (C=O) groups is 4. The van der Waals surface area contributed by atoms with Crippen molar-refractivity contribution in [2.75, 3.05) is 13.1 Å². The summed E-state index contributed by atoms with van der Waals surface area (Å²) in [5.74, 6) is -3.14. The standard InChI is InChI=1S/C11H19N3O6/c1-6(2)12-10(19)7(3)13-11(20)14(4-8(15)16)5-9(17)18/h6-7H,4-5H2,1-3H3,(H,12,19)(H,13,20)(H,15,16)(H,17,18). The Bertz CT molecular complexity index is 380.